The Balaban J connectivity index is 2.06. The van der Waals surface area contributed by atoms with E-state index in [1.54, 1.807) is 12.1 Å². The Bertz CT molecular complexity index is 442. The van der Waals surface area contributed by atoms with Gasteiger partial charge in [0.05, 0.1) is 6.07 Å². The molecule has 0 spiro atoms. The zero-order valence-corrected chi connectivity index (χ0v) is 10.2. The minimum Gasteiger partial charge on any atom is -0.367 e. The largest absolute Gasteiger partial charge is 0.367 e. The lowest BCUT2D eigenvalue weighted by atomic mass is 9.64. The first-order chi connectivity index (χ1) is 8.04. The van der Waals surface area contributed by atoms with Crippen LogP contribution >= 0.6 is 0 Å². The molecule has 1 saturated carbocycles. The SMILES string of the molecule is CC(C)C1CC(C#N)(Nc2cccc(F)c2)C1. The first-order valence-corrected chi connectivity index (χ1v) is 6.00. The molecule has 1 aliphatic rings. The zero-order chi connectivity index (χ0) is 12.5. The van der Waals surface area contributed by atoms with Crippen molar-refractivity contribution in [2.24, 2.45) is 11.8 Å². The highest BCUT2D eigenvalue weighted by Crippen LogP contribution is 2.43. The molecule has 3 heteroatoms. The Morgan fingerprint density at radius 1 is 1.47 bits per heavy atom. The number of nitrogens with zero attached hydrogens (tertiary/aromatic N) is 1. The van der Waals surface area contributed by atoms with Crippen LogP contribution in [0.25, 0.3) is 0 Å². The summed E-state index contributed by atoms with van der Waals surface area (Å²) in [5.74, 6) is 0.921. The van der Waals surface area contributed by atoms with Crippen LogP contribution in [0.15, 0.2) is 24.3 Å². The van der Waals surface area contributed by atoms with E-state index in [4.69, 9.17) is 0 Å². The van der Waals surface area contributed by atoms with Crippen LogP contribution in [0.5, 0.6) is 0 Å². The predicted molar refractivity (Wildman–Crippen MR) is 65.9 cm³/mol. The summed E-state index contributed by atoms with van der Waals surface area (Å²) in [6.45, 7) is 4.35. The molecule has 1 aromatic carbocycles. The lowest BCUT2D eigenvalue weighted by Crippen LogP contribution is -2.50. The summed E-state index contributed by atoms with van der Waals surface area (Å²) < 4.78 is 13.1. The van der Waals surface area contributed by atoms with Gasteiger partial charge in [0.15, 0.2) is 0 Å². The van der Waals surface area contributed by atoms with Crippen LogP contribution in [0.1, 0.15) is 26.7 Å². The third kappa shape index (κ3) is 2.41. The molecule has 1 fully saturated rings. The fourth-order valence-corrected chi connectivity index (χ4v) is 2.37. The molecule has 90 valence electrons. The molecular formula is C14H17FN2. The Labute approximate surface area is 101 Å². The number of nitriles is 1. The number of hydrogen-bond acceptors (Lipinski definition) is 2. The van der Waals surface area contributed by atoms with E-state index >= 15 is 0 Å². The molecule has 0 aliphatic heterocycles. The molecule has 0 saturated heterocycles. The van der Waals surface area contributed by atoms with E-state index in [2.05, 4.69) is 25.2 Å². The number of anilines is 1. The van der Waals surface area contributed by atoms with E-state index in [-0.39, 0.29) is 5.82 Å². The molecular weight excluding hydrogens is 215 g/mol. The monoisotopic (exact) mass is 232 g/mol. The molecule has 0 unspecified atom stereocenters. The molecule has 1 N–H and O–H groups in total. The van der Waals surface area contributed by atoms with Gasteiger partial charge in [-0.25, -0.2) is 4.39 Å². The van der Waals surface area contributed by atoms with Crippen molar-refractivity contribution in [1.82, 2.24) is 0 Å². The fourth-order valence-electron chi connectivity index (χ4n) is 2.37. The average molecular weight is 232 g/mol. The van der Waals surface area contributed by atoms with Crippen molar-refractivity contribution < 1.29 is 4.39 Å². The highest BCUT2D eigenvalue weighted by molar-refractivity contribution is 5.49. The lowest BCUT2D eigenvalue weighted by molar-refractivity contribution is 0.165. The summed E-state index contributed by atoms with van der Waals surface area (Å²) in [5.41, 5.74) is 0.191. The minimum atomic E-state index is -0.497. The van der Waals surface area contributed by atoms with Gasteiger partial charge in [-0.2, -0.15) is 5.26 Å². The molecule has 0 radical (unpaired) electrons. The van der Waals surface area contributed by atoms with Crippen LogP contribution in [0, 0.1) is 29.0 Å². The van der Waals surface area contributed by atoms with Crippen LogP contribution in [0.2, 0.25) is 0 Å². The molecule has 0 heterocycles. The second-order valence-corrected chi connectivity index (χ2v) is 5.24. The molecule has 2 nitrogen and oxygen atoms in total. The van der Waals surface area contributed by atoms with Gasteiger partial charge in [-0.05, 0) is 42.9 Å². The van der Waals surface area contributed by atoms with Gasteiger partial charge in [0.25, 0.3) is 0 Å². The fraction of sp³-hybridized carbons (Fsp3) is 0.500. The second kappa shape index (κ2) is 4.37. The number of nitrogens with one attached hydrogen (secondary N) is 1. The van der Waals surface area contributed by atoms with Crippen molar-refractivity contribution in [1.29, 1.82) is 5.26 Å². The van der Waals surface area contributed by atoms with E-state index in [1.807, 2.05) is 0 Å². The third-order valence-corrected chi connectivity index (χ3v) is 3.59. The van der Waals surface area contributed by atoms with E-state index < -0.39 is 5.54 Å². The lowest BCUT2D eigenvalue weighted by Gasteiger charge is -2.45. The second-order valence-electron chi connectivity index (χ2n) is 5.24. The molecule has 0 aromatic heterocycles. The molecule has 1 aliphatic carbocycles. The Morgan fingerprint density at radius 2 is 2.18 bits per heavy atom. The van der Waals surface area contributed by atoms with E-state index in [0.717, 1.165) is 12.8 Å². The standard InChI is InChI=1S/C14H17FN2/c1-10(2)11-7-14(8-11,9-16)17-13-5-3-4-12(15)6-13/h3-6,10-11,17H,7-8H2,1-2H3. The van der Waals surface area contributed by atoms with Crippen LogP contribution in [-0.4, -0.2) is 5.54 Å². The molecule has 0 atom stereocenters. The molecule has 17 heavy (non-hydrogen) atoms. The van der Waals surface area contributed by atoms with Crippen molar-refractivity contribution in [3.8, 4) is 6.07 Å². The van der Waals surface area contributed by atoms with E-state index in [9.17, 15) is 9.65 Å². The Hall–Kier alpha value is -1.56. The van der Waals surface area contributed by atoms with Crippen molar-refractivity contribution in [3.63, 3.8) is 0 Å². The maximum Gasteiger partial charge on any atom is 0.125 e. The normalized spacial score (nSPS) is 27.4. The summed E-state index contributed by atoms with van der Waals surface area (Å²) >= 11 is 0. The molecule has 0 bridgehead atoms. The topological polar surface area (TPSA) is 35.8 Å². The zero-order valence-electron chi connectivity index (χ0n) is 10.2. The summed E-state index contributed by atoms with van der Waals surface area (Å²) in [7, 11) is 0. The smallest absolute Gasteiger partial charge is 0.125 e. The van der Waals surface area contributed by atoms with E-state index in [0.29, 0.717) is 17.5 Å². The summed E-state index contributed by atoms with van der Waals surface area (Å²) in [5, 5.41) is 12.4. The third-order valence-electron chi connectivity index (χ3n) is 3.59. The highest BCUT2D eigenvalue weighted by Gasteiger charge is 2.45. The summed E-state index contributed by atoms with van der Waals surface area (Å²) in [6, 6.07) is 8.62. The highest BCUT2D eigenvalue weighted by atomic mass is 19.1. The van der Waals surface area contributed by atoms with Crippen molar-refractivity contribution >= 4 is 5.69 Å². The Morgan fingerprint density at radius 3 is 2.71 bits per heavy atom. The maximum atomic E-state index is 13.1. The van der Waals surface area contributed by atoms with Gasteiger partial charge in [0, 0.05) is 5.69 Å². The first-order valence-electron chi connectivity index (χ1n) is 6.00. The van der Waals surface area contributed by atoms with Crippen molar-refractivity contribution in [2.75, 3.05) is 5.32 Å². The van der Waals surface area contributed by atoms with Gasteiger partial charge in [-0.1, -0.05) is 19.9 Å². The number of halogens is 1. The van der Waals surface area contributed by atoms with Crippen LogP contribution in [0.3, 0.4) is 0 Å². The van der Waals surface area contributed by atoms with Gasteiger partial charge in [-0.3, -0.25) is 0 Å². The molecule has 1 aromatic rings. The van der Waals surface area contributed by atoms with Crippen LogP contribution < -0.4 is 5.32 Å². The summed E-state index contributed by atoms with van der Waals surface area (Å²) in [4.78, 5) is 0. The van der Waals surface area contributed by atoms with E-state index in [1.165, 1.54) is 12.1 Å². The minimum absolute atomic E-state index is 0.275. The van der Waals surface area contributed by atoms with Gasteiger partial charge in [0.2, 0.25) is 0 Å². The maximum absolute atomic E-state index is 13.1. The van der Waals surface area contributed by atoms with Crippen LogP contribution in [-0.2, 0) is 0 Å². The first kappa shape index (κ1) is 11.9. The summed E-state index contributed by atoms with van der Waals surface area (Å²) in [6.07, 6.45) is 1.69. The van der Waals surface area contributed by atoms with Crippen LogP contribution in [0.4, 0.5) is 10.1 Å². The predicted octanol–water partition coefficient (Wildman–Crippen LogP) is 3.57. The van der Waals surface area contributed by atoms with Crippen molar-refractivity contribution in [2.45, 2.75) is 32.2 Å². The number of rotatable bonds is 3. The molecule has 0 amide bonds. The Kier molecular flexibility index (Phi) is 3.06. The molecule has 2 rings (SSSR count). The van der Waals surface area contributed by atoms with Crippen molar-refractivity contribution in [3.05, 3.63) is 30.1 Å². The van der Waals surface area contributed by atoms with Gasteiger partial charge < -0.3 is 5.32 Å². The number of hydrogen-bond donors (Lipinski definition) is 1. The quantitative estimate of drug-likeness (QED) is 0.864. The van der Waals surface area contributed by atoms with Gasteiger partial charge in [-0.15, -0.1) is 0 Å². The average Bonchev–Trinajstić information content (AvgIpc) is 2.22. The van der Waals surface area contributed by atoms with Gasteiger partial charge in [0.1, 0.15) is 11.4 Å². The van der Waals surface area contributed by atoms with Gasteiger partial charge >= 0.3 is 0 Å². The number of benzene rings is 1.